The Balaban J connectivity index is 2.54. The highest BCUT2D eigenvalue weighted by Gasteiger charge is 2.22. The summed E-state index contributed by atoms with van der Waals surface area (Å²) in [7, 11) is 0. The summed E-state index contributed by atoms with van der Waals surface area (Å²) in [5.74, 6) is 0. The molecule has 0 aliphatic rings. The Bertz CT molecular complexity index is 259. The van der Waals surface area contributed by atoms with E-state index in [9.17, 15) is 0 Å². The molecule has 0 amide bonds. The van der Waals surface area contributed by atoms with Gasteiger partial charge in [-0.05, 0) is 19.3 Å². The molecule has 15 heavy (non-hydrogen) atoms. The number of hydrogen-bond acceptors (Lipinski definition) is 3. The minimum absolute atomic E-state index is 0.261. The predicted molar refractivity (Wildman–Crippen MR) is 62.5 cm³/mol. The Kier molecular flexibility index (Phi) is 4.69. The van der Waals surface area contributed by atoms with E-state index in [2.05, 4.69) is 36.1 Å². The average Bonchev–Trinajstić information content (AvgIpc) is 2.33. The van der Waals surface area contributed by atoms with Gasteiger partial charge >= 0.3 is 0 Å². The summed E-state index contributed by atoms with van der Waals surface area (Å²) in [5, 5.41) is 3.60. The van der Waals surface area contributed by atoms with Crippen molar-refractivity contribution in [3.05, 3.63) is 24.3 Å². The van der Waals surface area contributed by atoms with Gasteiger partial charge in [-0.3, -0.25) is 9.97 Å². The molecule has 0 radical (unpaired) electrons. The topological polar surface area (TPSA) is 37.8 Å². The summed E-state index contributed by atoms with van der Waals surface area (Å²) in [6.07, 6.45) is 8.72. The smallest absolute Gasteiger partial charge is 0.0724 e. The number of nitrogens with one attached hydrogen (secondary N) is 1. The van der Waals surface area contributed by atoms with Crippen LogP contribution in [0.4, 0.5) is 0 Å². The number of nitrogens with zero attached hydrogens (tertiary/aromatic N) is 2. The molecule has 0 aliphatic heterocycles. The fraction of sp³-hybridized carbons (Fsp3) is 0.667. The van der Waals surface area contributed by atoms with E-state index in [1.807, 2.05) is 6.20 Å². The summed E-state index contributed by atoms with van der Waals surface area (Å²) in [5.41, 5.74) is 1.27. The van der Waals surface area contributed by atoms with Crippen LogP contribution in [0.5, 0.6) is 0 Å². The Labute approximate surface area is 92.3 Å². The zero-order valence-corrected chi connectivity index (χ0v) is 9.95. The SMILES string of the molecule is CCC(CC)(CC)NCc1cnccn1. The summed E-state index contributed by atoms with van der Waals surface area (Å²) >= 11 is 0. The van der Waals surface area contributed by atoms with Crippen LogP contribution in [0.2, 0.25) is 0 Å². The molecular weight excluding hydrogens is 186 g/mol. The van der Waals surface area contributed by atoms with Crippen LogP contribution in [0.1, 0.15) is 45.7 Å². The monoisotopic (exact) mass is 207 g/mol. The third kappa shape index (κ3) is 3.27. The van der Waals surface area contributed by atoms with E-state index in [1.165, 1.54) is 0 Å². The van der Waals surface area contributed by atoms with Crippen molar-refractivity contribution in [2.24, 2.45) is 0 Å². The number of hydrogen-bond donors (Lipinski definition) is 1. The zero-order valence-electron chi connectivity index (χ0n) is 9.95. The third-order valence-corrected chi connectivity index (χ3v) is 3.29. The lowest BCUT2D eigenvalue weighted by atomic mass is 9.90. The summed E-state index contributed by atoms with van der Waals surface area (Å²) < 4.78 is 0. The van der Waals surface area contributed by atoms with Gasteiger partial charge in [0.15, 0.2) is 0 Å². The van der Waals surface area contributed by atoms with Crippen molar-refractivity contribution in [1.82, 2.24) is 15.3 Å². The van der Waals surface area contributed by atoms with E-state index in [0.717, 1.165) is 31.5 Å². The van der Waals surface area contributed by atoms with Gasteiger partial charge in [-0.25, -0.2) is 0 Å². The second-order valence-electron chi connectivity index (χ2n) is 3.89. The molecule has 0 aliphatic carbocycles. The Morgan fingerprint density at radius 2 is 1.80 bits per heavy atom. The molecule has 0 fully saturated rings. The van der Waals surface area contributed by atoms with Gasteiger partial charge in [-0.15, -0.1) is 0 Å². The van der Waals surface area contributed by atoms with Crippen LogP contribution >= 0.6 is 0 Å². The molecule has 84 valence electrons. The molecule has 0 saturated carbocycles. The molecule has 1 N–H and O–H groups in total. The van der Waals surface area contributed by atoms with Crippen LogP contribution in [0.15, 0.2) is 18.6 Å². The maximum atomic E-state index is 4.26. The summed E-state index contributed by atoms with van der Waals surface area (Å²) in [4.78, 5) is 8.32. The maximum absolute atomic E-state index is 4.26. The molecule has 3 nitrogen and oxygen atoms in total. The van der Waals surface area contributed by atoms with Gasteiger partial charge in [-0.2, -0.15) is 0 Å². The second-order valence-corrected chi connectivity index (χ2v) is 3.89. The van der Waals surface area contributed by atoms with Gasteiger partial charge in [0.25, 0.3) is 0 Å². The van der Waals surface area contributed by atoms with Gasteiger partial charge in [0.2, 0.25) is 0 Å². The van der Waals surface area contributed by atoms with Crippen LogP contribution < -0.4 is 5.32 Å². The van der Waals surface area contributed by atoms with Crippen LogP contribution in [0.25, 0.3) is 0 Å². The molecule has 1 aromatic rings. The third-order valence-electron chi connectivity index (χ3n) is 3.29. The van der Waals surface area contributed by atoms with E-state index in [1.54, 1.807) is 12.4 Å². The van der Waals surface area contributed by atoms with Crippen molar-refractivity contribution in [2.75, 3.05) is 0 Å². The van der Waals surface area contributed by atoms with E-state index in [0.29, 0.717) is 0 Å². The van der Waals surface area contributed by atoms with Crippen LogP contribution in [0.3, 0.4) is 0 Å². The van der Waals surface area contributed by atoms with Crippen molar-refractivity contribution in [1.29, 1.82) is 0 Å². The van der Waals surface area contributed by atoms with Crippen LogP contribution in [0, 0.1) is 0 Å². The Morgan fingerprint density at radius 1 is 1.13 bits per heavy atom. The van der Waals surface area contributed by atoms with Gasteiger partial charge < -0.3 is 5.32 Å². The zero-order chi connectivity index (χ0) is 11.1. The standard InChI is InChI=1S/C12H21N3/c1-4-12(5-2,6-3)15-10-11-9-13-7-8-14-11/h7-9,15H,4-6,10H2,1-3H3. The largest absolute Gasteiger partial charge is 0.306 e. The first-order valence-electron chi connectivity index (χ1n) is 5.76. The molecule has 0 atom stereocenters. The molecular formula is C12H21N3. The van der Waals surface area contributed by atoms with Crippen LogP contribution in [-0.4, -0.2) is 15.5 Å². The molecule has 1 rings (SSSR count). The maximum Gasteiger partial charge on any atom is 0.0724 e. The highest BCUT2D eigenvalue weighted by molar-refractivity contribution is 4.96. The molecule has 1 aromatic heterocycles. The molecule has 0 bridgehead atoms. The lowest BCUT2D eigenvalue weighted by molar-refractivity contribution is 0.286. The fourth-order valence-electron chi connectivity index (χ4n) is 1.82. The Hall–Kier alpha value is -0.960. The second kappa shape index (κ2) is 5.81. The van der Waals surface area contributed by atoms with Gasteiger partial charge in [-0.1, -0.05) is 20.8 Å². The molecule has 1 heterocycles. The average molecular weight is 207 g/mol. The van der Waals surface area contributed by atoms with E-state index >= 15 is 0 Å². The quantitative estimate of drug-likeness (QED) is 0.779. The molecule has 0 unspecified atom stereocenters. The van der Waals surface area contributed by atoms with E-state index < -0.39 is 0 Å². The summed E-state index contributed by atoms with van der Waals surface area (Å²) in [6, 6.07) is 0. The van der Waals surface area contributed by atoms with E-state index in [4.69, 9.17) is 0 Å². The van der Waals surface area contributed by atoms with Gasteiger partial charge in [0, 0.05) is 30.7 Å². The van der Waals surface area contributed by atoms with Crippen LogP contribution in [-0.2, 0) is 6.54 Å². The first kappa shape index (κ1) is 12.1. The van der Waals surface area contributed by atoms with Crippen molar-refractivity contribution < 1.29 is 0 Å². The van der Waals surface area contributed by atoms with Crippen molar-refractivity contribution in [3.63, 3.8) is 0 Å². The highest BCUT2D eigenvalue weighted by atomic mass is 15.0. The van der Waals surface area contributed by atoms with Crippen molar-refractivity contribution in [3.8, 4) is 0 Å². The minimum Gasteiger partial charge on any atom is -0.306 e. The molecule has 0 aromatic carbocycles. The lowest BCUT2D eigenvalue weighted by Gasteiger charge is -2.31. The fourth-order valence-corrected chi connectivity index (χ4v) is 1.82. The minimum atomic E-state index is 0.261. The Morgan fingerprint density at radius 3 is 2.27 bits per heavy atom. The normalized spacial score (nSPS) is 11.7. The van der Waals surface area contributed by atoms with Gasteiger partial charge in [0.1, 0.15) is 0 Å². The van der Waals surface area contributed by atoms with Crippen molar-refractivity contribution in [2.45, 2.75) is 52.1 Å². The lowest BCUT2D eigenvalue weighted by Crippen LogP contribution is -2.43. The first-order valence-corrected chi connectivity index (χ1v) is 5.76. The molecule has 0 saturated heterocycles. The predicted octanol–water partition coefficient (Wildman–Crippen LogP) is 2.54. The van der Waals surface area contributed by atoms with Crippen molar-refractivity contribution >= 4 is 0 Å². The first-order chi connectivity index (χ1) is 7.26. The highest BCUT2D eigenvalue weighted by Crippen LogP contribution is 2.19. The van der Waals surface area contributed by atoms with Gasteiger partial charge in [0.05, 0.1) is 5.69 Å². The van der Waals surface area contributed by atoms with E-state index in [-0.39, 0.29) is 5.54 Å². The number of aromatic nitrogens is 2. The molecule has 3 heteroatoms. The number of rotatable bonds is 6. The molecule has 0 spiro atoms. The summed E-state index contributed by atoms with van der Waals surface area (Å²) in [6.45, 7) is 7.51.